The van der Waals surface area contributed by atoms with E-state index in [2.05, 4.69) is 46.7 Å². The molecular formula is C15H18N4. The molecule has 1 aromatic carbocycles. The Balaban J connectivity index is 2.21. The first-order valence-electron chi connectivity index (χ1n) is 6.46. The lowest BCUT2D eigenvalue weighted by molar-refractivity contribution is 0.715. The van der Waals surface area contributed by atoms with Gasteiger partial charge in [-0.25, -0.2) is 0 Å². The van der Waals surface area contributed by atoms with Gasteiger partial charge in [-0.1, -0.05) is 18.2 Å². The van der Waals surface area contributed by atoms with Gasteiger partial charge in [0, 0.05) is 36.3 Å². The highest BCUT2D eigenvalue weighted by Crippen LogP contribution is 2.31. The molecule has 98 valence electrons. The lowest BCUT2D eigenvalue weighted by Crippen LogP contribution is -2.06. The van der Waals surface area contributed by atoms with E-state index in [1.807, 2.05) is 24.8 Å². The molecule has 0 atom stereocenters. The molecule has 0 saturated heterocycles. The van der Waals surface area contributed by atoms with Crippen LogP contribution < -0.4 is 5.32 Å². The van der Waals surface area contributed by atoms with Crippen LogP contribution in [0.15, 0.2) is 30.5 Å². The van der Waals surface area contributed by atoms with E-state index in [0.29, 0.717) is 0 Å². The van der Waals surface area contributed by atoms with Crippen LogP contribution in [-0.2, 0) is 13.6 Å². The van der Waals surface area contributed by atoms with E-state index >= 15 is 0 Å². The number of hydrogen-bond acceptors (Lipinski definition) is 2. The normalized spacial score (nSPS) is 11.3. The Labute approximate surface area is 112 Å². The summed E-state index contributed by atoms with van der Waals surface area (Å²) in [4.78, 5) is 3.33. The number of aryl methyl sites for hydroxylation is 1. The molecule has 3 rings (SSSR count). The molecule has 0 radical (unpaired) electrons. The largest absolute Gasteiger partial charge is 0.360 e. The number of nitrogens with zero attached hydrogens (tertiary/aromatic N) is 2. The Morgan fingerprint density at radius 1 is 1.32 bits per heavy atom. The van der Waals surface area contributed by atoms with Crippen molar-refractivity contribution in [3.63, 3.8) is 0 Å². The van der Waals surface area contributed by atoms with Crippen LogP contribution in [0, 0.1) is 6.92 Å². The zero-order valence-corrected chi connectivity index (χ0v) is 11.5. The molecule has 4 heteroatoms. The van der Waals surface area contributed by atoms with Crippen molar-refractivity contribution in [2.24, 2.45) is 7.05 Å². The van der Waals surface area contributed by atoms with Crippen molar-refractivity contribution in [2.75, 3.05) is 7.05 Å². The number of hydrogen-bond donors (Lipinski definition) is 2. The van der Waals surface area contributed by atoms with Gasteiger partial charge in [0.25, 0.3) is 0 Å². The zero-order valence-electron chi connectivity index (χ0n) is 11.5. The molecule has 4 nitrogen and oxygen atoms in total. The third kappa shape index (κ3) is 1.85. The van der Waals surface area contributed by atoms with Crippen LogP contribution in [0.3, 0.4) is 0 Å². The van der Waals surface area contributed by atoms with Crippen LogP contribution in [0.2, 0.25) is 0 Å². The molecule has 19 heavy (non-hydrogen) atoms. The third-order valence-corrected chi connectivity index (χ3v) is 3.57. The van der Waals surface area contributed by atoms with Gasteiger partial charge >= 0.3 is 0 Å². The maximum atomic E-state index is 4.60. The zero-order chi connectivity index (χ0) is 13.4. The van der Waals surface area contributed by atoms with E-state index < -0.39 is 0 Å². The van der Waals surface area contributed by atoms with Gasteiger partial charge in [0.1, 0.15) is 0 Å². The summed E-state index contributed by atoms with van der Waals surface area (Å²) in [7, 11) is 3.95. The molecule has 2 heterocycles. The monoisotopic (exact) mass is 254 g/mol. The number of nitrogens with one attached hydrogen (secondary N) is 2. The molecule has 0 aliphatic heterocycles. The summed E-state index contributed by atoms with van der Waals surface area (Å²) >= 11 is 0. The molecule has 0 unspecified atom stereocenters. The molecule has 2 N–H and O–H groups in total. The summed E-state index contributed by atoms with van der Waals surface area (Å²) in [6, 6.07) is 8.36. The number of H-pyrrole nitrogens is 1. The topological polar surface area (TPSA) is 45.6 Å². The number of rotatable bonds is 3. The van der Waals surface area contributed by atoms with Gasteiger partial charge in [-0.05, 0) is 25.6 Å². The Morgan fingerprint density at radius 2 is 2.11 bits per heavy atom. The third-order valence-electron chi connectivity index (χ3n) is 3.57. The van der Waals surface area contributed by atoms with Gasteiger partial charge in [-0.2, -0.15) is 5.10 Å². The molecule has 0 aliphatic rings. The second kappa shape index (κ2) is 4.55. The van der Waals surface area contributed by atoms with Gasteiger partial charge in [-0.3, -0.25) is 4.68 Å². The SMILES string of the molecule is CNCc1nn(C)c(-c2c[nH]c3ccccc23)c1C. The van der Waals surface area contributed by atoms with Crippen LogP contribution in [-0.4, -0.2) is 21.8 Å². The van der Waals surface area contributed by atoms with Crippen LogP contribution >= 0.6 is 0 Å². The van der Waals surface area contributed by atoms with Crippen LogP contribution in [0.4, 0.5) is 0 Å². The van der Waals surface area contributed by atoms with Crippen molar-refractivity contribution in [1.82, 2.24) is 20.1 Å². The van der Waals surface area contributed by atoms with Crippen molar-refractivity contribution in [3.8, 4) is 11.3 Å². The molecule has 3 aromatic rings. The Bertz CT molecular complexity index is 721. The molecular weight excluding hydrogens is 236 g/mol. The second-order valence-corrected chi connectivity index (χ2v) is 4.82. The highest BCUT2D eigenvalue weighted by molar-refractivity contribution is 5.95. The van der Waals surface area contributed by atoms with Gasteiger partial charge in [0.05, 0.1) is 11.4 Å². The molecule has 0 bridgehead atoms. The average molecular weight is 254 g/mol. The van der Waals surface area contributed by atoms with E-state index in [-0.39, 0.29) is 0 Å². The summed E-state index contributed by atoms with van der Waals surface area (Å²) in [6.07, 6.45) is 2.07. The van der Waals surface area contributed by atoms with Gasteiger partial charge in [0.15, 0.2) is 0 Å². The first-order chi connectivity index (χ1) is 9.22. The molecule has 0 spiro atoms. The number of aromatic nitrogens is 3. The molecule has 2 aromatic heterocycles. The summed E-state index contributed by atoms with van der Waals surface area (Å²) in [6.45, 7) is 2.93. The van der Waals surface area contributed by atoms with Crippen LogP contribution in [0.25, 0.3) is 22.2 Å². The minimum Gasteiger partial charge on any atom is -0.360 e. The fourth-order valence-corrected chi connectivity index (χ4v) is 2.66. The average Bonchev–Trinajstić information content (AvgIpc) is 2.93. The van der Waals surface area contributed by atoms with Crippen molar-refractivity contribution < 1.29 is 0 Å². The minimum absolute atomic E-state index is 0.794. The number of aromatic amines is 1. The second-order valence-electron chi connectivity index (χ2n) is 4.82. The lowest BCUT2D eigenvalue weighted by atomic mass is 10.1. The van der Waals surface area contributed by atoms with Crippen LogP contribution in [0.1, 0.15) is 11.3 Å². The first-order valence-corrected chi connectivity index (χ1v) is 6.46. The first kappa shape index (κ1) is 12.0. The maximum Gasteiger partial charge on any atom is 0.0797 e. The predicted molar refractivity (Wildman–Crippen MR) is 78.0 cm³/mol. The van der Waals surface area contributed by atoms with Crippen molar-refractivity contribution in [2.45, 2.75) is 13.5 Å². The molecule has 0 amide bonds. The van der Waals surface area contributed by atoms with Gasteiger partial charge in [0.2, 0.25) is 0 Å². The summed E-state index contributed by atoms with van der Waals surface area (Å²) in [5, 5.41) is 9.01. The number of fused-ring (bicyclic) bond motifs is 1. The predicted octanol–water partition coefficient (Wildman–Crippen LogP) is 2.60. The van der Waals surface area contributed by atoms with E-state index in [1.54, 1.807) is 0 Å². The van der Waals surface area contributed by atoms with E-state index in [0.717, 1.165) is 17.8 Å². The van der Waals surface area contributed by atoms with E-state index in [1.165, 1.54) is 22.2 Å². The highest BCUT2D eigenvalue weighted by Gasteiger charge is 2.16. The van der Waals surface area contributed by atoms with Crippen molar-refractivity contribution in [1.29, 1.82) is 0 Å². The summed E-state index contributed by atoms with van der Waals surface area (Å²) in [5.41, 5.74) is 5.90. The quantitative estimate of drug-likeness (QED) is 0.754. The minimum atomic E-state index is 0.794. The lowest BCUT2D eigenvalue weighted by Gasteiger charge is -2.02. The van der Waals surface area contributed by atoms with Gasteiger partial charge < -0.3 is 10.3 Å². The fraction of sp³-hybridized carbons (Fsp3) is 0.267. The molecule has 0 fully saturated rings. The summed E-state index contributed by atoms with van der Waals surface area (Å²) < 4.78 is 1.97. The fourth-order valence-electron chi connectivity index (χ4n) is 2.66. The van der Waals surface area contributed by atoms with E-state index in [4.69, 9.17) is 0 Å². The number of para-hydroxylation sites is 1. The Kier molecular flexibility index (Phi) is 2.87. The van der Waals surface area contributed by atoms with Crippen molar-refractivity contribution >= 4 is 10.9 Å². The Hall–Kier alpha value is -2.07. The Morgan fingerprint density at radius 3 is 2.89 bits per heavy atom. The van der Waals surface area contributed by atoms with Crippen LogP contribution in [0.5, 0.6) is 0 Å². The molecule has 0 saturated carbocycles. The van der Waals surface area contributed by atoms with Crippen molar-refractivity contribution in [3.05, 3.63) is 41.7 Å². The number of benzene rings is 1. The molecule has 0 aliphatic carbocycles. The maximum absolute atomic E-state index is 4.60. The van der Waals surface area contributed by atoms with E-state index in [9.17, 15) is 0 Å². The summed E-state index contributed by atoms with van der Waals surface area (Å²) in [5.74, 6) is 0. The highest BCUT2D eigenvalue weighted by atomic mass is 15.3. The van der Waals surface area contributed by atoms with Gasteiger partial charge in [-0.15, -0.1) is 0 Å². The smallest absolute Gasteiger partial charge is 0.0797 e. The standard InChI is InChI=1S/C15H18N4/c1-10-14(9-16-2)18-19(3)15(10)12-8-17-13-7-5-4-6-11(12)13/h4-8,16-17H,9H2,1-3H3.